The van der Waals surface area contributed by atoms with Gasteiger partial charge >= 0.3 is 0 Å². The van der Waals surface area contributed by atoms with E-state index in [9.17, 15) is 4.79 Å². The zero-order valence-electron chi connectivity index (χ0n) is 11.1. The molecule has 1 aromatic heterocycles. The number of amides is 1. The van der Waals surface area contributed by atoms with Crippen molar-refractivity contribution >= 4 is 5.91 Å². The molecule has 0 saturated carbocycles. The molecular weight excluding hydrogens is 228 g/mol. The van der Waals surface area contributed by atoms with Crippen molar-refractivity contribution < 1.29 is 4.79 Å². The lowest BCUT2D eigenvalue weighted by Crippen LogP contribution is -2.49. The molecule has 1 aliphatic heterocycles. The van der Waals surface area contributed by atoms with E-state index in [1.165, 1.54) is 0 Å². The molecule has 5 heteroatoms. The van der Waals surface area contributed by atoms with E-state index < -0.39 is 0 Å². The first-order valence-electron chi connectivity index (χ1n) is 6.59. The highest BCUT2D eigenvalue weighted by Gasteiger charge is 2.34. The van der Waals surface area contributed by atoms with E-state index in [4.69, 9.17) is 0 Å². The fourth-order valence-corrected chi connectivity index (χ4v) is 2.34. The molecule has 2 heterocycles. The number of nitrogens with one attached hydrogen (secondary N) is 2. The Morgan fingerprint density at radius 3 is 2.89 bits per heavy atom. The van der Waals surface area contributed by atoms with Crippen LogP contribution in [0.4, 0.5) is 0 Å². The highest BCUT2D eigenvalue weighted by molar-refractivity contribution is 5.82. The van der Waals surface area contributed by atoms with Crippen LogP contribution in [0.15, 0.2) is 18.5 Å². The number of hydrogen-bond donors (Lipinski definition) is 2. The maximum Gasteiger partial charge on any atom is 0.226 e. The summed E-state index contributed by atoms with van der Waals surface area (Å²) in [7, 11) is 0. The average Bonchev–Trinajstić information content (AvgIpc) is 2.82. The van der Waals surface area contributed by atoms with Crippen LogP contribution >= 0.6 is 0 Å². The van der Waals surface area contributed by atoms with Gasteiger partial charge in [-0.2, -0.15) is 5.10 Å². The predicted molar refractivity (Wildman–Crippen MR) is 70.0 cm³/mol. The van der Waals surface area contributed by atoms with Crippen LogP contribution in [0.3, 0.4) is 0 Å². The summed E-state index contributed by atoms with van der Waals surface area (Å²) in [6, 6.07) is 1.99. The van der Waals surface area contributed by atoms with Crippen LogP contribution in [-0.4, -0.2) is 34.8 Å². The van der Waals surface area contributed by atoms with Gasteiger partial charge in [-0.1, -0.05) is 6.92 Å². The molecule has 2 rings (SSSR count). The molecule has 1 aliphatic rings. The summed E-state index contributed by atoms with van der Waals surface area (Å²) in [5.41, 5.74) is -0.219. The largest absolute Gasteiger partial charge is 0.351 e. The second kappa shape index (κ2) is 5.52. The molecule has 1 atom stereocenters. The maximum absolute atomic E-state index is 12.3. The van der Waals surface area contributed by atoms with Gasteiger partial charge in [0.2, 0.25) is 5.91 Å². The fraction of sp³-hybridized carbons (Fsp3) is 0.692. The van der Waals surface area contributed by atoms with E-state index in [0.717, 1.165) is 25.9 Å². The molecule has 0 bridgehead atoms. The molecule has 0 aliphatic carbocycles. The number of carbonyl (C=O) groups excluding carboxylic acids is 1. The lowest BCUT2D eigenvalue weighted by molar-refractivity contribution is -0.132. The predicted octanol–water partition coefficient (Wildman–Crippen LogP) is 0.777. The lowest BCUT2D eigenvalue weighted by atomic mass is 9.80. The van der Waals surface area contributed by atoms with Crippen LogP contribution in [0, 0.1) is 5.41 Å². The van der Waals surface area contributed by atoms with Crippen molar-refractivity contribution in [2.75, 3.05) is 13.1 Å². The average molecular weight is 250 g/mol. The fourth-order valence-electron chi connectivity index (χ4n) is 2.34. The van der Waals surface area contributed by atoms with Gasteiger partial charge in [-0.15, -0.1) is 0 Å². The zero-order valence-corrected chi connectivity index (χ0v) is 11.1. The molecule has 0 radical (unpaired) electrons. The smallest absolute Gasteiger partial charge is 0.226 e. The van der Waals surface area contributed by atoms with Gasteiger partial charge in [0.1, 0.15) is 0 Å². The molecule has 1 fully saturated rings. The number of rotatable bonds is 4. The van der Waals surface area contributed by atoms with Crippen LogP contribution in [0.2, 0.25) is 0 Å². The third kappa shape index (κ3) is 3.10. The van der Waals surface area contributed by atoms with E-state index in [-0.39, 0.29) is 17.4 Å². The van der Waals surface area contributed by atoms with Crippen molar-refractivity contribution in [3.8, 4) is 0 Å². The quantitative estimate of drug-likeness (QED) is 0.830. The van der Waals surface area contributed by atoms with Gasteiger partial charge < -0.3 is 10.6 Å². The molecule has 2 N–H and O–H groups in total. The van der Waals surface area contributed by atoms with Gasteiger partial charge in [0, 0.05) is 23.9 Å². The van der Waals surface area contributed by atoms with Gasteiger partial charge in [0.25, 0.3) is 0 Å². The van der Waals surface area contributed by atoms with Crippen LogP contribution < -0.4 is 10.6 Å². The monoisotopic (exact) mass is 250 g/mol. The number of aromatic nitrogens is 2. The van der Waals surface area contributed by atoms with E-state index in [1.54, 1.807) is 6.20 Å². The molecule has 100 valence electrons. The molecular formula is C13H22N4O. The summed E-state index contributed by atoms with van der Waals surface area (Å²) in [6.45, 7) is 6.65. The molecule has 18 heavy (non-hydrogen) atoms. The van der Waals surface area contributed by atoms with E-state index in [1.807, 2.05) is 23.9 Å². The minimum Gasteiger partial charge on any atom is -0.351 e. The molecule has 1 amide bonds. The van der Waals surface area contributed by atoms with Crippen LogP contribution in [0.5, 0.6) is 0 Å². The molecule has 5 nitrogen and oxygen atoms in total. The van der Waals surface area contributed by atoms with Crippen molar-refractivity contribution in [1.82, 2.24) is 20.4 Å². The second-order valence-electron chi connectivity index (χ2n) is 5.41. The van der Waals surface area contributed by atoms with Crippen LogP contribution in [0.25, 0.3) is 0 Å². The molecule has 0 aromatic carbocycles. The number of hydrogen-bond acceptors (Lipinski definition) is 3. The normalized spacial score (nSPS) is 20.3. The van der Waals surface area contributed by atoms with Crippen LogP contribution in [0.1, 0.15) is 26.7 Å². The van der Waals surface area contributed by atoms with Gasteiger partial charge in [0.15, 0.2) is 0 Å². The summed E-state index contributed by atoms with van der Waals surface area (Å²) < 4.78 is 1.84. The van der Waals surface area contributed by atoms with Crippen molar-refractivity contribution in [2.45, 2.75) is 39.3 Å². The summed E-state index contributed by atoms with van der Waals surface area (Å²) in [4.78, 5) is 12.3. The number of piperidine rings is 1. The Kier molecular flexibility index (Phi) is 4.01. The van der Waals surface area contributed by atoms with Gasteiger partial charge in [-0.05, 0) is 38.9 Å². The molecule has 0 unspecified atom stereocenters. The standard InChI is InChI=1S/C13H22N4O/c1-11(10-17-9-3-6-15-17)16-12(18)13(2)4-7-14-8-5-13/h3,6,9,11,14H,4-5,7-8,10H2,1-2H3,(H,16,18)/t11-/m1/s1. The Balaban J connectivity index is 1.86. The van der Waals surface area contributed by atoms with Gasteiger partial charge in [0.05, 0.1) is 6.54 Å². The number of carbonyl (C=O) groups is 1. The van der Waals surface area contributed by atoms with E-state index in [2.05, 4.69) is 22.7 Å². The zero-order chi connectivity index (χ0) is 13.0. The van der Waals surface area contributed by atoms with Gasteiger partial charge in [-0.3, -0.25) is 9.48 Å². The Morgan fingerprint density at radius 2 is 2.28 bits per heavy atom. The minimum atomic E-state index is -0.219. The summed E-state index contributed by atoms with van der Waals surface area (Å²) in [5.74, 6) is 0.170. The highest BCUT2D eigenvalue weighted by Crippen LogP contribution is 2.28. The van der Waals surface area contributed by atoms with Crippen molar-refractivity contribution in [3.63, 3.8) is 0 Å². The third-order valence-electron chi connectivity index (χ3n) is 3.65. The lowest BCUT2D eigenvalue weighted by Gasteiger charge is -2.33. The molecule has 0 spiro atoms. The molecule has 1 aromatic rings. The summed E-state index contributed by atoms with van der Waals surface area (Å²) in [5, 5.41) is 10.5. The summed E-state index contributed by atoms with van der Waals surface area (Å²) >= 11 is 0. The minimum absolute atomic E-state index is 0.101. The molecule has 1 saturated heterocycles. The SMILES string of the molecule is C[C@H](Cn1cccn1)NC(=O)C1(C)CCNCC1. The Morgan fingerprint density at radius 1 is 1.56 bits per heavy atom. The van der Waals surface area contributed by atoms with Crippen LogP contribution in [-0.2, 0) is 11.3 Å². The van der Waals surface area contributed by atoms with E-state index in [0.29, 0.717) is 6.54 Å². The Labute approximate surface area is 108 Å². The maximum atomic E-state index is 12.3. The highest BCUT2D eigenvalue weighted by atomic mass is 16.2. The Hall–Kier alpha value is -1.36. The van der Waals surface area contributed by atoms with Crippen molar-refractivity contribution in [3.05, 3.63) is 18.5 Å². The topological polar surface area (TPSA) is 59.0 Å². The van der Waals surface area contributed by atoms with Crippen molar-refractivity contribution in [2.24, 2.45) is 5.41 Å². The van der Waals surface area contributed by atoms with Crippen molar-refractivity contribution in [1.29, 1.82) is 0 Å². The first-order chi connectivity index (χ1) is 8.60. The first-order valence-corrected chi connectivity index (χ1v) is 6.59. The Bertz CT molecular complexity index is 382. The number of nitrogens with zero attached hydrogens (tertiary/aromatic N) is 2. The van der Waals surface area contributed by atoms with Gasteiger partial charge in [-0.25, -0.2) is 0 Å². The van der Waals surface area contributed by atoms with E-state index >= 15 is 0 Å². The summed E-state index contributed by atoms with van der Waals surface area (Å²) in [6.07, 6.45) is 5.48. The second-order valence-corrected chi connectivity index (χ2v) is 5.41. The first kappa shape index (κ1) is 13.1. The third-order valence-corrected chi connectivity index (χ3v) is 3.65.